The van der Waals surface area contributed by atoms with Gasteiger partial charge < -0.3 is 14.6 Å². The summed E-state index contributed by atoms with van der Waals surface area (Å²) >= 11 is 0. The van der Waals surface area contributed by atoms with Gasteiger partial charge in [0.25, 0.3) is 0 Å². The second-order valence-electron chi connectivity index (χ2n) is 5.89. The van der Waals surface area contributed by atoms with Crippen LogP contribution in [0.4, 0.5) is 5.69 Å². The summed E-state index contributed by atoms with van der Waals surface area (Å²) in [6, 6.07) is 6.91. The van der Waals surface area contributed by atoms with Crippen LogP contribution in [-0.2, 0) is 14.5 Å². The summed E-state index contributed by atoms with van der Waals surface area (Å²) in [7, 11) is 5.18. The maximum Gasteiger partial charge on any atom is 0.360 e. The van der Waals surface area contributed by atoms with Crippen molar-refractivity contribution in [2.24, 2.45) is 5.41 Å². The Balaban J connectivity index is 2.62. The molecule has 0 spiro atoms. The highest BCUT2D eigenvalue weighted by atomic mass is 17.0. The number of hydroxylamine groups is 2. The molecule has 1 aromatic rings. The van der Waals surface area contributed by atoms with E-state index in [1.165, 1.54) is 7.05 Å². The standard InChI is InChI=1S/C15H22N2O4/c1-15(2,3)14(19)21-17(6)20-13(18)11-7-9-12(10-8-11)16(4)5/h7-10H,1-6H3. The van der Waals surface area contributed by atoms with E-state index >= 15 is 0 Å². The highest BCUT2D eigenvalue weighted by Gasteiger charge is 2.26. The number of rotatable bonds is 4. The van der Waals surface area contributed by atoms with Crippen molar-refractivity contribution in [3.05, 3.63) is 29.8 Å². The molecule has 0 heterocycles. The summed E-state index contributed by atoms with van der Waals surface area (Å²) in [5.74, 6) is -1.08. The first-order chi connectivity index (χ1) is 9.61. The monoisotopic (exact) mass is 294 g/mol. The van der Waals surface area contributed by atoms with Crippen LogP contribution in [-0.4, -0.2) is 38.3 Å². The molecule has 21 heavy (non-hydrogen) atoms. The lowest BCUT2D eigenvalue weighted by Gasteiger charge is -2.21. The smallest absolute Gasteiger partial charge is 0.360 e. The second-order valence-corrected chi connectivity index (χ2v) is 5.89. The molecule has 0 fully saturated rings. The maximum absolute atomic E-state index is 11.9. The minimum absolute atomic E-state index is 0.374. The Labute approximate surface area is 125 Å². The summed E-state index contributed by atoms with van der Waals surface area (Å²) in [6.07, 6.45) is 0. The number of benzene rings is 1. The Kier molecular flexibility index (Phi) is 5.32. The van der Waals surface area contributed by atoms with Crippen LogP contribution in [0.1, 0.15) is 31.1 Å². The van der Waals surface area contributed by atoms with E-state index in [9.17, 15) is 9.59 Å². The van der Waals surface area contributed by atoms with Crippen molar-refractivity contribution in [2.75, 3.05) is 26.0 Å². The molecule has 1 aromatic carbocycles. The normalized spacial score (nSPS) is 11.2. The maximum atomic E-state index is 11.9. The molecule has 6 heteroatoms. The molecule has 0 aliphatic rings. The van der Waals surface area contributed by atoms with E-state index in [0.29, 0.717) is 5.56 Å². The Bertz CT molecular complexity index is 503. The van der Waals surface area contributed by atoms with Crippen LogP contribution >= 0.6 is 0 Å². The first-order valence-corrected chi connectivity index (χ1v) is 6.57. The van der Waals surface area contributed by atoms with E-state index < -0.39 is 17.4 Å². The van der Waals surface area contributed by atoms with Gasteiger partial charge in [0.15, 0.2) is 0 Å². The minimum atomic E-state index is -0.673. The van der Waals surface area contributed by atoms with Crippen molar-refractivity contribution in [3.63, 3.8) is 0 Å². The molecule has 1 rings (SSSR count). The first kappa shape index (κ1) is 17.0. The van der Waals surface area contributed by atoms with Crippen molar-refractivity contribution in [1.82, 2.24) is 5.23 Å². The van der Waals surface area contributed by atoms with E-state index in [1.54, 1.807) is 45.0 Å². The van der Waals surface area contributed by atoms with Gasteiger partial charge in [-0.05, 0) is 45.0 Å². The number of carbonyl (C=O) groups excluding carboxylic acids is 2. The van der Waals surface area contributed by atoms with Gasteiger partial charge >= 0.3 is 11.9 Å². The van der Waals surface area contributed by atoms with E-state index in [0.717, 1.165) is 10.9 Å². The molecular weight excluding hydrogens is 272 g/mol. The average Bonchev–Trinajstić information content (AvgIpc) is 2.37. The molecule has 0 amide bonds. The van der Waals surface area contributed by atoms with Gasteiger partial charge in [0.05, 0.1) is 18.0 Å². The SMILES string of the molecule is CN(OC(=O)c1ccc(N(C)C)cc1)OC(=O)C(C)(C)C. The van der Waals surface area contributed by atoms with Gasteiger partial charge in [0, 0.05) is 25.0 Å². The van der Waals surface area contributed by atoms with Gasteiger partial charge in [0.1, 0.15) is 0 Å². The molecule has 0 saturated heterocycles. The van der Waals surface area contributed by atoms with Gasteiger partial charge in [-0.25, -0.2) is 9.59 Å². The minimum Gasteiger partial charge on any atom is -0.378 e. The summed E-state index contributed by atoms with van der Waals surface area (Å²) in [4.78, 5) is 35.3. The highest BCUT2D eigenvalue weighted by Crippen LogP contribution is 2.17. The molecule has 0 saturated carbocycles. The van der Waals surface area contributed by atoms with Crippen molar-refractivity contribution < 1.29 is 19.3 Å². The molecule has 116 valence electrons. The van der Waals surface area contributed by atoms with Gasteiger partial charge in [-0.3, -0.25) is 0 Å². The largest absolute Gasteiger partial charge is 0.378 e. The molecule has 0 atom stereocenters. The molecule has 6 nitrogen and oxygen atoms in total. The predicted octanol–water partition coefficient (Wildman–Crippen LogP) is 2.26. The second kappa shape index (κ2) is 6.58. The fourth-order valence-corrected chi connectivity index (χ4v) is 1.34. The molecule has 0 aromatic heterocycles. The quantitative estimate of drug-likeness (QED) is 0.794. The third kappa shape index (κ3) is 5.07. The van der Waals surface area contributed by atoms with Gasteiger partial charge in [0.2, 0.25) is 0 Å². The summed E-state index contributed by atoms with van der Waals surface area (Å²) in [6.45, 7) is 5.14. The Morgan fingerprint density at radius 1 is 0.952 bits per heavy atom. The molecule has 0 radical (unpaired) electrons. The first-order valence-electron chi connectivity index (χ1n) is 6.57. The van der Waals surface area contributed by atoms with Crippen LogP contribution in [0.5, 0.6) is 0 Å². The van der Waals surface area contributed by atoms with Crippen LogP contribution in [0.2, 0.25) is 0 Å². The Morgan fingerprint density at radius 3 is 1.90 bits per heavy atom. The van der Waals surface area contributed by atoms with Crippen LogP contribution in [0.15, 0.2) is 24.3 Å². The summed E-state index contributed by atoms with van der Waals surface area (Å²) in [5, 5.41) is 0.774. The van der Waals surface area contributed by atoms with Crippen molar-refractivity contribution in [1.29, 1.82) is 0 Å². The third-order valence-electron chi connectivity index (χ3n) is 2.65. The summed E-state index contributed by atoms with van der Waals surface area (Å²) in [5.41, 5.74) is 0.673. The molecular formula is C15H22N2O4. The van der Waals surface area contributed by atoms with Crippen LogP contribution in [0, 0.1) is 5.41 Å². The molecule has 0 bridgehead atoms. The Hall–Kier alpha value is -2.08. The van der Waals surface area contributed by atoms with E-state index in [2.05, 4.69) is 0 Å². The molecule has 0 aliphatic carbocycles. The van der Waals surface area contributed by atoms with E-state index in [1.807, 2.05) is 19.0 Å². The van der Waals surface area contributed by atoms with E-state index in [4.69, 9.17) is 9.68 Å². The average molecular weight is 294 g/mol. The van der Waals surface area contributed by atoms with Crippen molar-refractivity contribution in [3.8, 4) is 0 Å². The Morgan fingerprint density at radius 2 is 1.48 bits per heavy atom. The number of nitrogens with zero attached hydrogens (tertiary/aromatic N) is 2. The van der Waals surface area contributed by atoms with Gasteiger partial charge in [-0.2, -0.15) is 0 Å². The number of hydrogen-bond acceptors (Lipinski definition) is 6. The molecule has 0 unspecified atom stereocenters. The zero-order valence-electron chi connectivity index (χ0n) is 13.3. The lowest BCUT2D eigenvalue weighted by molar-refractivity contribution is -0.302. The number of anilines is 1. The van der Waals surface area contributed by atoms with E-state index in [-0.39, 0.29) is 0 Å². The van der Waals surface area contributed by atoms with Crippen molar-refractivity contribution in [2.45, 2.75) is 20.8 Å². The molecule has 0 aliphatic heterocycles. The topological polar surface area (TPSA) is 59.1 Å². The van der Waals surface area contributed by atoms with Crippen LogP contribution in [0.25, 0.3) is 0 Å². The molecule has 0 N–H and O–H groups in total. The zero-order valence-corrected chi connectivity index (χ0v) is 13.3. The van der Waals surface area contributed by atoms with Gasteiger partial charge in [-0.15, -0.1) is 0 Å². The van der Waals surface area contributed by atoms with Gasteiger partial charge in [-0.1, -0.05) is 0 Å². The lowest BCUT2D eigenvalue weighted by Crippen LogP contribution is -2.32. The fourth-order valence-electron chi connectivity index (χ4n) is 1.34. The number of carbonyl (C=O) groups is 2. The van der Waals surface area contributed by atoms with Crippen molar-refractivity contribution >= 4 is 17.6 Å². The third-order valence-corrected chi connectivity index (χ3v) is 2.65. The lowest BCUT2D eigenvalue weighted by atomic mass is 9.98. The predicted molar refractivity (Wildman–Crippen MR) is 79.5 cm³/mol. The highest BCUT2D eigenvalue weighted by molar-refractivity contribution is 5.89. The fraction of sp³-hybridized carbons (Fsp3) is 0.467. The van der Waals surface area contributed by atoms with Crippen LogP contribution < -0.4 is 4.90 Å². The van der Waals surface area contributed by atoms with Crippen LogP contribution in [0.3, 0.4) is 0 Å². The number of hydrogen-bond donors (Lipinski definition) is 0. The summed E-state index contributed by atoms with van der Waals surface area (Å²) < 4.78 is 0. The zero-order chi connectivity index (χ0) is 16.2.